The summed E-state index contributed by atoms with van der Waals surface area (Å²) in [6.45, 7) is 2.82. The largest absolute Gasteiger partial charge is 0.484 e. The predicted molar refractivity (Wildman–Crippen MR) is 79.1 cm³/mol. The first kappa shape index (κ1) is 15.7. The summed E-state index contributed by atoms with van der Waals surface area (Å²) in [6, 6.07) is 10.8. The molecule has 2 rings (SSSR count). The number of halogens is 3. The second kappa shape index (κ2) is 6.39. The second-order valence-corrected chi connectivity index (χ2v) is 6.06. The SMILES string of the molecule is Cc1ccc(C(C)Nc2ccc(OCC(F)(F)F)cc2)s1. The summed E-state index contributed by atoms with van der Waals surface area (Å²) in [6.07, 6.45) is -4.32. The number of thiophene rings is 1. The Kier molecular flexibility index (Phi) is 4.77. The fourth-order valence-electron chi connectivity index (χ4n) is 1.82. The number of alkyl halides is 3. The third-order valence-corrected chi connectivity index (χ3v) is 4.01. The minimum Gasteiger partial charge on any atom is -0.484 e. The first-order valence-corrected chi connectivity index (χ1v) is 7.27. The van der Waals surface area contributed by atoms with E-state index >= 15 is 0 Å². The van der Waals surface area contributed by atoms with Crippen LogP contribution in [0.5, 0.6) is 5.75 Å². The molecule has 1 unspecified atom stereocenters. The molecule has 1 heterocycles. The molecule has 1 N–H and O–H groups in total. The lowest BCUT2D eigenvalue weighted by Gasteiger charge is -2.14. The van der Waals surface area contributed by atoms with Gasteiger partial charge in [-0.3, -0.25) is 0 Å². The average molecular weight is 315 g/mol. The molecule has 114 valence electrons. The Hall–Kier alpha value is -1.69. The van der Waals surface area contributed by atoms with E-state index in [2.05, 4.69) is 22.2 Å². The lowest BCUT2D eigenvalue weighted by Crippen LogP contribution is -2.19. The predicted octanol–water partition coefficient (Wildman–Crippen LogP) is 5.17. The van der Waals surface area contributed by atoms with Gasteiger partial charge in [0.1, 0.15) is 5.75 Å². The third kappa shape index (κ3) is 4.97. The standard InChI is InChI=1S/C15H16F3NOS/c1-10-3-8-14(21-10)11(2)19-12-4-6-13(7-5-12)20-9-15(16,17)18/h3-8,11,19H,9H2,1-2H3. The van der Waals surface area contributed by atoms with Gasteiger partial charge >= 0.3 is 6.18 Å². The zero-order valence-electron chi connectivity index (χ0n) is 11.7. The fraction of sp³-hybridized carbons (Fsp3) is 0.333. The molecule has 21 heavy (non-hydrogen) atoms. The highest BCUT2D eigenvalue weighted by atomic mass is 32.1. The Labute approximate surface area is 125 Å². The number of nitrogens with one attached hydrogen (secondary N) is 1. The van der Waals surface area contributed by atoms with Crippen LogP contribution in [0.3, 0.4) is 0 Å². The lowest BCUT2D eigenvalue weighted by molar-refractivity contribution is -0.153. The summed E-state index contributed by atoms with van der Waals surface area (Å²) in [5.74, 6) is 0.206. The van der Waals surface area contributed by atoms with Gasteiger partial charge in [0.15, 0.2) is 6.61 Å². The van der Waals surface area contributed by atoms with Crippen molar-refractivity contribution in [2.24, 2.45) is 0 Å². The van der Waals surface area contributed by atoms with Crippen molar-refractivity contribution in [2.45, 2.75) is 26.1 Å². The van der Waals surface area contributed by atoms with E-state index in [1.807, 2.05) is 13.8 Å². The van der Waals surface area contributed by atoms with Crippen molar-refractivity contribution in [3.05, 3.63) is 46.2 Å². The molecule has 0 saturated carbocycles. The van der Waals surface area contributed by atoms with Crippen molar-refractivity contribution in [2.75, 3.05) is 11.9 Å². The maximum absolute atomic E-state index is 12.0. The second-order valence-electron chi connectivity index (χ2n) is 4.74. The number of aryl methyl sites for hydroxylation is 1. The molecule has 2 nitrogen and oxygen atoms in total. The van der Waals surface area contributed by atoms with Crippen LogP contribution in [0, 0.1) is 6.92 Å². The Morgan fingerprint density at radius 1 is 1.14 bits per heavy atom. The topological polar surface area (TPSA) is 21.3 Å². The van der Waals surface area contributed by atoms with E-state index in [1.165, 1.54) is 21.9 Å². The van der Waals surface area contributed by atoms with Gasteiger partial charge in [0, 0.05) is 15.4 Å². The van der Waals surface area contributed by atoms with E-state index in [9.17, 15) is 13.2 Å². The maximum atomic E-state index is 12.0. The Bertz CT molecular complexity index is 577. The van der Waals surface area contributed by atoms with Gasteiger partial charge in [-0.2, -0.15) is 13.2 Å². The summed E-state index contributed by atoms with van der Waals surface area (Å²) in [4.78, 5) is 2.46. The zero-order chi connectivity index (χ0) is 15.5. The van der Waals surface area contributed by atoms with E-state index in [-0.39, 0.29) is 11.8 Å². The Morgan fingerprint density at radius 2 is 1.81 bits per heavy atom. The first-order valence-electron chi connectivity index (χ1n) is 6.46. The van der Waals surface area contributed by atoms with Crippen molar-refractivity contribution in [1.82, 2.24) is 0 Å². The minimum absolute atomic E-state index is 0.144. The van der Waals surface area contributed by atoms with E-state index < -0.39 is 12.8 Å². The van der Waals surface area contributed by atoms with E-state index in [0.29, 0.717) is 0 Å². The van der Waals surface area contributed by atoms with Crippen LogP contribution in [-0.4, -0.2) is 12.8 Å². The molecule has 1 aromatic carbocycles. The molecule has 0 aliphatic carbocycles. The van der Waals surface area contributed by atoms with Gasteiger partial charge in [-0.1, -0.05) is 0 Å². The van der Waals surface area contributed by atoms with Gasteiger partial charge in [-0.25, -0.2) is 0 Å². The smallest absolute Gasteiger partial charge is 0.422 e. The maximum Gasteiger partial charge on any atom is 0.422 e. The molecule has 0 fully saturated rings. The summed E-state index contributed by atoms with van der Waals surface area (Å²) < 4.78 is 40.8. The zero-order valence-corrected chi connectivity index (χ0v) is 12.5. The molecular weight excluding hydrogens is 299 g/mol. The number of hydrogen-bond donors (Lipinski definition) is 1. The molecule has 6 heteroatoms. The van der Waals surface area contributed by atoms with Crippen LogP contribution in [0.1, 0.15) is 22.7 Å². The van der Waals surface area contributed by atoms with Crippen molar-refractivity contribution >= 4 is 17.0 Å². The van der Waals surface area contributed by atoms with Gasteiger partial charge < -0.3 is 10.1 Å². The van der Waals surface area contributed by atoms with Gasteiger partial charge in [0.05, 0.1) is 6.04 Å². The number of anilines is 1. The Balaban J connectivity index is 1.93. The van der Waals surface area contributed by atoms with Crippen LogP contribution >= 0.6 is 11.3 Å². The summed E-state index contributed by atoms with van der Waals surface area (Å²) in [5.41, 5.74) is 0.841. The molecule has 0 radical (unpaired) electrons. The van der Waals surface area contributed by atoms with Gasteiger partial charge in [0.2, 0.25) is 0 Å². The number of rotatable bonds is 5. The van der Waals surface area contributed by atoms with E-state index in [1.54, 1.807) is 23.5 Å². The fourth-order valence-corrected chi connectivity index (χ4v) is 2.70. The van der Waals surface area contributed by atoms with Crippen molar-refractivity contribution in [3.8, 4) is 5.75 Å². The molecule has 1 aromatic heterocycles. The molecule has 2 aromatic rings. The quantitative estimate of drug-likeness (QED) is 0.822. The van der Waals surface area contributed by atoms with Crippen LogP contribution in [0.25, 0.3) is 0 Å². The highest BCUT2D eigenvalue weighted by Gasteiger charge is 2.28. The highest BCUT2D eigenvalue weighted by molar-refractivity contribution is 7.12. The molecular formula is C15H16F3NOS. The highest BCUT2D eigenvalue weighted by Crippen LogP contribution is 2.27. The minimum atomic E-state index is -4.32. The van der Waals surface area contributed by atoms with Crippen LogP contribution in [-0.2, 0) is 0 Å². The molecule has 1 atom stereocenters. The summed E-state index contributed by atoms with van der Waals surface area (Å²) in [7, 11) is 0. The average Bonchev–Trinajstić information content (AvgIpc) is 2.84. The van der Waals surface area contributed by atoms with Crippen LogP contribution in [0.4, 0.5) is 18.9 Å². The number of hydrogen-bond acceptors (Lipinski definition) is 3. The molecule has 0 aliphatic heterocycles. The first-order chi connectivity index (χ1) is 9.83. The van der Waals surface area contributed by atoms with Crippen molar-refractivity contribution < 1.29 is 17.9 Å². The van der Waals surface area contributed by atoms with Crippen LogP contribution in [0.2, 0.25) is 0 Å². The van der Waals surface area contributed by atoms with Gasteiger partial charge in [-0.15, -0.1) is 11.3 Å². The molecule has 0 spiro atoms. The number of ether oxygens (including phenoxy) is 1. The van der Waals surface area contributed by atoms with E-state index in [4.69, 9.17) is 0 Å². The molecule has 0 amide bonds. The number of benzene rings is 1. The Morgan fingerprint density at radius 3 is 2.33 bits per heavy atom. The van der Waals surface area contributed by atoms with Crippen LogP contribution in [0.15, 0.2) is 36.4 Å². The molecule has 0 bridgehead atoms. The summed E-state index contributed by atoms with van der Waals surface area (Å²) >= 11 is 1.72. The van der Waals surface area contributed by atoms with Crippen molar-refractivity contribution in [1.29, 1.82) is 0 Å². The van der Waals surface area contributed by atoms with E-state index in [0.717, 1.165) is 5.69 Å². The van der Waals surface area contributed by atoms with Crippen LogP contribution < -0.4 is 10.1 Å². The normalized spacial score (nSPS) is 13.0. The third-order valence-electron chi connectivity index (χ3n) is 2.83. The summed E-state index contributed by atoms with van der Waals surface area (Å²) in [5, 5.41) is 3.30. The lowest BCUT2D eigenvalue weighted by atomic mass is 10.2. The van der Waals surface area contributed by atoms with Gasteiger partial charge in [-0.05, 0) is 50.2 Å². The monoisotopic (exact) mass is 315 g/mol. The molecule has 0 aliphatic rings. The van der Waals surface area contributed by atoms with Gasteiger partial charge in [0.25, 0.3) is 0 Å². The van der Waals surface area contributed by atoms with Crippen molar-refractivity contribution in [3.63, 3.8) is 0 Å². The molecule has 0 saturated heterocycles.